The number of aryl methyl sites for hydroxylation is 1. The molecule has 1 heterocycles. The molecule has 0 aliphatic carbocycles. The van der Waals surface area contributed by atoms with E-state index >= 15 is 0 Å². The molecule has 0 bridgehead atoms. The van der Waals surface area contributed by atoms with Gasteiger partial charge in [0.2, 0.25) is 5.91 Å². The molecule has 0 spiro atoms. The predicted octanol–water partition coefficient (Wildman–Crippen LogP) is 3.76. The maximum atomic E-state index is 12.3. The Hall–Kier alpha value is -3.06. The first-order valence-corrected chi connectivity index (χ1v) is 8.82. The van der Waals surface area contributed by atoms with Gasteiger partial charge in [-0.2, -0.15) is 5.10 Å². The maximum Gasteiger partial charge on any atom is 0.356 e. The number of aromatic carboxylic acids is 1. The molecule has 3 aromatic rings. The fraction of sp³-hybridized carbons (Fsp3) is 0.105. The quantitative estimate of drug-likeness (QED) is 0.664. The van der Waals surface area contributed by atoms with Gasteiger partial charge in [0.25, 0.3) is 0 Å². The van der Waals surface area contributed by atoms with Crippen molar-refractivity contribution in [2.45, 2.75) is 22.8 Å². The van der Waals surface area contributed by atoms with Crippen molar-refractivity contribution in [2.75, 3.05) is 5.32 Å². The number of anilines is 1. The molecular formula is C19H17N3O3S. The number of para-hydroxylation sites is 1. The number of amides is 1. The molecule has 6 nitrogen and oxygen atoms in total. The van der Waals surface area contributed by atoms with Gasteiger partial charge in [0.05, 0.1) is 5.69 Å². The molecule has 0 saturated heterocycles. The largest absolute Gasteiger partial charge is 0.476 e. The van der Waals surface area contributed by atoms with Crippen LogP contribution >= 0.6 is 11.8 Å². The lowest BCUT2D eigenvalue weighted by Crippen LogP contribution is -2.15. The van der Waals surface area contributed by atoms with Crippen LogP contribution in [0.15, 0.2) is 76.7 Å². The van der Waals surface area contributed by atoms with Crippen LogP contribution in [0.25, 0.3) is 0 Å². The highest BCUT2D eigenvalue weighted by Crippen LogP contribution is 2.33. The molecule has 0 fully saturated rings. The predicted molar refractivity (Wildman–Crippen MR) is 99.4 cm³/mol. The lowest BCUT2D eigenvalue weighted by atomic mass is 10.3. The third-order valence-corrected chi connectivity index (χ3v) is 4.64. The molecule has 3 rings (SSSR count). The monoisotopic (exact) mass is 367 g/mol. The number of hydrogen-bond donors (Lipinski definition) is 2. The SMILES string of the molecule is O=C(CCn1ccc(C(=O)O)n1)Nc1ccccc1Sc1ccccc1. The Morgan fingerprint density at radius 3 is 2.50 bits per heavy atom. The van der Waals surface area contributed by atoms with E-state index in [0.29, 0.717) is 6.54 Å². The highest BCUT2D eigenvalue weighted by Gasteiger charge is 2.10. The number of carboxylic acid groups (broad SMARTS) is 1. The fourth-order valence-corrected chi connectivity index (χ4v) is 3.23. The second-order valence-electron chi connectivity index (χ2n) is 5.48. The molecule has 26 heavy (non-hydrogen) atoms. The van der Waals surface area contributed by atoms with Crippen LogP contribution in [0.4, 0.5) is 5.69 Å². The van der Waals surface area contributed by atoms with Crippen molar-refractivity contribution in [2.24, 2.45) is 0 Å². The number of hydrogen-bond acceptors (Lipinski definition) is 4. The normalized spacial score (nSPS) is 10.5. The van der Waals surface area contributed by atoms with Crippen LogP contribution < -0.4 is 5.32 Å². The zero-order valence-corrected chi connectivity index (χ0v) is 14.6. The van der Waals surface area contributed by atoms with E-state index in [-0.39, 0.29) is 18.0 Å². The van der Waals surface area contributed by atoms with E-state index in [1.165, 1.54) is 10.7 Å². The summed E-state index contributed by atoms with van der Waals surface area (Å²) in [5, 5.41) is 15.7. The molecule has 2 N–H and O–H groups in total. The van der Waals surface area contributed by atoms with Gasteiger partial charge in [-0.15, -0.1) is 0 Å². The molecule has 0 unspecified atom stereocenters. The summed E-state index contributed by atoms with van der Waals surface area (Å²) in [4.78, 5) is 25.1. The molecule has 1 amide bonds. The molecule has 7 heteroatoms. The number of benzene rings is 2. The first-order chi connectivity index (χ1) is 12.6. The van der Waals surface area contributed by atoms with Gasteiger partial charge in [0, 0.05) is 29.0 Å². The third-order valence-electron chi connectivity index (χ3n) is 3.56. The minimum Gasteiger partial charge on any atom is -0.476 e. The van der Waals surface area contributed by atoms with Crippen molar-refractivity contribution in [1.29, 1.82) is 0 Å². The Morgan fingerprint density at radius 1 is 1.04 bits per heavy atom. The van der Waals surface area contributed by atoms with Crippen molar-refractivity contribution >= 4 is 29.3 Å². The lowest BCUT2D eigenvalue weighted by Gasteiger charge is -2.11. The fourth-order valence-electron chi connectivity index (χ4n) is 2.30. The van der Waals surface area contributed by atoms with E-state index in [2.05, 4.69) is 10.4 Å². The molecule has 0 atom stereocenters. The van der Waals surface area contributed by atoms with Crippen LogP contribution in [0, 0.1) is 0 Å². The second-order valence-corrected chi connectivity index (χ2v) is 6.59. The van der Waals surface area contributed by atoms with Gasteiger partial charge in [0.15, 0.2) is 5.69 Å². The number of carbonyl (C=O) groups excluding carboxylic acids is 1. The van der Waals surface area contributed by atoms with Crippen LogP contribution in [0.5, 0.6) is 0 Å². The van der Waals surface area contributed by atoms with Gasteiger partial charge in [-0.05, 0) is 30.3 Å². The summed E-state index contributed by atoms with van der Waals surface area (Å²) < 4.78 is 1.45. The Morgan fingerprint density at radius 2 is 1.77 bits per heavy atom. The molecule has 2 aromatic carbocycles. The number of carbonyl (C=O) groups is 2. The van der Waals surface area contributed by atoms with E-state index in [0.717, 1.165) is 15.5 Å². The van der Waals surface area contributed by atoms with Crippen LogP contribution in [0.3, 0.4) is 0 Å². The molecule has 0 radical (unpaired) electrons. The van der Waals surface area contributed by atoms with Crippen LogP contribution in [-0.4, -0.2) is 26.8 Å². The topological polar surface area (TPSA) is 84.2 Å². The first-order valence-electron chi connectivity index (χ1n) is 8.00. The average Bonchev–Trinajstić information content (AvgIpc) is 3.12. The number of carboxylic acids is 1. The Bertz CT molecular complexity index is 909. The summed E-state index contributed by atoms with van der Waals surface area (Å²) in [6.45, 7) is 0.313. The van der Waals surface area contributed by atoms with Crippen LogP contribution in [0.2, 0.25) is 0 Å². The average molecular weight is 367 g/mol. The minimum atomic E-state index is -1.08. The molecule has 0 saturated carbocycles. The summed E-state index contributed by atoms with van der Waals surface area (Å²) in [6, 6.07) is 19.0. The standard InChI is InChI=1S/C19H17N3O3S/c23-18(11-13-22-12-10-16(21-22)19(24)25)20-15-8-4-5-9-17(15)26-14-6-2-1-3-7-14/h1-10,12H,11,13H2,(H,20,23)(H,24,25). The smallest absolute Gasteiger partial charge is 0.356 e. The van der Waals surface area contributed by atoms with Gasteiger partial charge in [-0.25, -0.2) is 4.79 Å². The highest BCUT2D eigenvalue weighted by molar-refractivity contribution is 7.99. The van der Waals surface area contributed by atoms with E-state index in [1.807, 2.05) is 54.6 Å². The van der Waals surface area contributed by atoms with E-state index in [4.69, 9.17) is 5.11 Å². The summed E-state index contributed by atoms with van der Waals surface area (Å²) in [6.07, 6.45) is 1.75. The second kappa shape index (κ2) is 8.35. The van der Waals surface area contributed by atoms with Gasteiger partial charge >= 0.3 is 5.97 Å². The summed E-state index contributed by atoms with van der Waals surface area (Å²) in [7, 11) is 0. The number of nitrogens with one attached hydrogen (secondary N) is 1. The molecule has 1 aromatic heterocycles. The number of nitrogens with zero attached hydrogens (tertiary/aromatic N) is 2. The van der Waals surface area contributed by atoms with Crippen molar-refractivity contribution in [1.82, 2.24) is 9.78 Å². The van der Waals surface area contributed by atoms with Crippen LogP contribution in [0.1, 0.15) is 16.9 Å². The number of rotatable bonds is 7. The maximum absolute atomic E-state index is 12.3. The highest BCUT2D eigenvalue weighted by atomic mass is 32.2. The molecular weight excluding hydrogens is 350 g/mol. The van der Waals surface area contributed by atoms with Crippen molar-refractivity contribution in [3.05, 3.63) is 72.6 Å². The molecule has 132 valence electrons. The van der Waals surface area contributed by atoms with Gasteiger partial charge in [-0.3, -0.25) is 9.48 Å². The van der Waals surface area contributed by atoms with E-state index in [9.17, 15) is 9.59 Å². The summed E-state index contributed by atoms with van der Waals surface area (Å²) in [5.41, 5.74) is 0.716. The Labute approximate surface area is 154 Å². The van der Waals surface area contributed by atoms with Crippen molar-refractivity contribution in [3.63, 3.8) is 0 Å². The van der Waals surface area contributed by atoms with E-state index < -0.39 is 5.97 Å². The van der Waals surface area contributed by atoms with Crippen molar-refractivity contribution < 1.29 is 14.7 Å². The minimum absolute atomic E-state index is 0.0324. The Kier molecular flexibility index (Phi) is 5.70. The molecule has 0 aliphatic rings. The third kappa shape index (κ3) is 4.73. The molecule has 0 aliphatic heterocycles. The van der Waals surface area contributed by atoms with Crippen molar-refractivity contribution in [3.8, 4) is 0 Å². The zero-order valence-electron chi connectivity index (χ0n) is 13.8. The summed E-state index contributed by atoms with van der Waals surface area (Å²) >= 11 is 1.58. The van der Waals surface area contributed by atoms with Gasteiger partial charge in [-0.1, -0.05) is 42.1 Å². The van der Waals surface area contributed by atoms with Crippen LogP contribution in [-0.2, 0) is 11.3 Å². The first kappa shape index (κ1) is 17.8. The lowest BCUT2D eigenvalue weighted by molar-refractivity contribution is -0.116. The zero-order chi connectivity index (χ0) is 18.4. The van der Waals surface area contributed by atoms with E-state index in [1.54, 1.807) is 18.0 Å². The number of aromatic nitrogens is 2. The van der Waals surface area contributed by atoms with Gasteiger partial charge < -0.3 is 10.4 Å². The van der Waals surface area contributed by atoms with Gasteiger partial charge in [0.1, 0.15) is 0 Å². The summed E-state index contributed by atoms with van der Waals surface area (Å²) in [5.74, 6) is -1.24. The Balaban J connectivity index is 1.61.